The minimum atomic E-state index is -1.03. The van der Waals surface area contributed by atoms with Crippen LogP contribution in [-0.4, -0.2) is 35.6 Å². The number of anilines is 1. The molecule has 1 N–H and O–H groups in total. The van der Waals surface area contributed by atoms with E-state index in [1.54, 1.807) is 12.1 Å². The Balaban J connectivity index is 1.93. The van der Waals surface area contributed by atoms with E-state index in [9.17, 15) is 19.1 Å². The van der Waals surface area contributed by atoms with Gasteiger partial charge in [0.25, 0.3) is 0 Å². The second kappa shape index (κ2) is 6.88. The molecule has 1 amide bonds. The van der Waals surface area contributed by atoms with E-state index in [2.05, 4.69) is 4.98 Å². The molecule has 1 saturated heterocycles. The van der Waals surface area contributed by atoms with Crippen LogP contribution >= 0.6 is 0 Å². The summed E-state index contributed by atoms with van der Waals surface area (Å²) in [5.41, 5.74) is 1.11. The fraction of sp³-hybridized carbons (Fsp3) is 0.278. The van der Waals surface area contributed by atoms with Gasteiger partial charge in [0.05, 0.1) is 19.2 Å². The number of hydrogen-bond acceptors (Lipinski definition) is 4. The summed E-state index contributed by atoms with van der Waals surface area (Å²) in [6.45, 7) is 0.167. The number of aliphatic carboxylic acids is 1. The Bertz CT molecular complexity index is 777. The smallest absolute Gasteiger partial charge is 0.307 e. The van der Waals surface area contributed by atoms with Crippen LogP contribution in [-0.2, 0) is 9.59 Å². The van der Waals surface area contributed by atoms with Gasteiger partial charge in [0, 0.05) is 30.3 Å². The number of hydrogen-bond donors (Lipinski definition) is 1. The molecule has 0 aliphatic carbocycles. The summed E-state index contributed by atoms with van der Waals surface area (Å²) >= 11 is 0. The maximum absolute atomic E-state index is 13.1. The van der Waals surface area contributed by atoms with E-state index in [0.29, 0.717) is 17.1 Å². The summed E-state index contributed by atoms with van der Waals surface area (Å²) in [5, 5.41) is 9.51. The quantitative estimate of drug-likeness (QED) is 0.921. The third-order valence-electron chi connectivity index (χ3n) is 4.39. The van der Waals surface area contributed by atoms with Crippen molar-refractivity contribution in [2.45, 2.75) is 12.3 Å². The van der Waals surface area contributed by atoms with Gasteiger partial charge in [0.2, 0.25) is 5.91 Å². The van der Waals surface area contributed by atoms with Gasteiger partial charge >= 0.3 is 5.97 Å². The number of carbonyl (C=O) groups excluding carboxylic acids is 1. The standard InChI is InChI=1S/C18H17FN2O4/c1-25-13-6-7-16(20-9-13)15-10-21(12-4-2-11(19)3-5-12)17(22)8-14(15)18(23)24/h2-7,9,14-15H,8,10H2,1H3,(H,23,24). The molecule has 0 saturated carbocycles. The van der Waals surface area contributed by atoms with Crippen LogP contribution in [0.15, 0.2) is 42.6 Å². The minimum Gasteiger partial charge on any atom is -0.495 e. The largest absolute Gasteiger partial charge is 0.495 e. The average Bonchev–Trinajstić information content (AvgIpc) is 2.62. The van der Waals surface area contributed by atoms with Crippen LogP contribution < -0.4 is 9.64 Å². The zero-order chi connectivity index (χ0) is 18.0. The number of carboxylic acids is 1. The summed E-state index contributed by atoms with van der Waals surface area (Å²) in [5.74, 6) is -2.49. The van der Waals surface area contributed by atoms with E-state index < -0.39 is 23.6 Å². The molecule has 3 rings (SSSR count). The second-order valence-corrected chi connectivity index (χ2v) is 5.86. The van der Waals surface area contributed by atoms with Gasteiger partial charge in [-0.25, -0.2) is 4.39 Å². The number of amides is 1. The highest BCUT2D eigenvalue weighted by Crippen LogP contribution is 2.35. The molecule has 1 fully saturated rings. The van der Waals surface area contributed by atoms with Gasteiger partial charge in [-0.1, -0.05) is 0 Å². The lowest BCUT2D eigenvalue weighted by atomic mass is 9.82. The van der Waals surface area contributed by atoms with E-state index in [-0.39, 0.29) is 18.9 Å². The van der Waals surface area contributed by atoms with Crippen molar-refractivity contribution in [3.63, 3.8) is 0 Å². The highest BCUT2D eigenvalue weighted by atomic mass is 19.1. The summed E-state index contributed by atoms with van der Waals surface area (Å²) in [4.78, 5) is 29.8. The molecule has 2 unspecified atom stereocenters. The highest BCUT2D eigenvalue weighted by Gasteiger charge is 2.40. The summed E-state index contributed by atoms with van der Waals surface area (Å²) in [6, 6.07) is 8.97. The van der Waals surface area contributed by atoms with E-state index >= 15 is 0 Å². The number of aromatic nitrogens is 1. The van der Waals surface area contributed by atoms with Crippen LogP contribution in [0.1, 0.15) is 18.0 Å². The topological polar surface area (TPSA) is 79.7 Å². The number of rotatable bonds is 4. The molecule has 1 aromatic carbocycles. The minimum absolute atomic E-state index is 0.134. The third-order valence-corrected chi connectivity index (χ3v) is 4.39. The second-order valence-electron chi connectivity index (χ2n) is 5.86. The number of carboxylic acid groups (broad SMARTS) is 1. The number of piperidine rings is 1. The van der Waals surface area contributed by atoms with Gasteiger partial charge in [0.1, 0.15) is 11.6 Å². The lowest BCUT2D eigenvalue weighted by Crippen LogP contribution is -2.46. The number of carbonyl (C=O) groups is 2. The monoisotopic (exact) mass is 344 g/mol. The van der Waals surface area contributed by atoms with Crippen molar-refractivity contribution in [2.24, 2.45) is 5.92 Å². The lowest BCUT2D eigenvalue weighted by molar-refractivity contribution is -0.145. The van der Waals surface area contributed by atoms with Gasteiger partial charge in [-0.05, 0) is 36.4 Å². The van der Waals surface area contributed by atoms with Gasteiger partial charge in [0.15, 0.2) is 0 Å². The van der Waals surface area contributed by atoms with Gasteiger partial charge in [-0.15, -0.1) is 0 Å². The number of pyridine rings is 1. The SMILES string of the molecule is COc1ccc(C2CN(c3ccc(F)cc3)C(=O)CC2C(=O)O)nc1. The van der Waals surface area contributed by atoms with Crippen molar-refractivity contribution < 1.29 is 23.8 Å². The van der Waals surface area contributed by atoms with Crippen LogP contribution in [0.4, 0.5) is 10.1 Å². The summed E-state index contributed by atoms with van der Waals surface area (Å²) in [7, 11) is 1.52. The predicted molar refractivity (Wildman–Crippen MR) is 88.0 cm³/mol. The van der Waals surface area contributed by atoms with Gasteiger partial charge in [-0.2, -0.15) is 0 Å². The van der Waals surface area contributed by atoms with Gasteiger partial charge < -0.3 is 14.7 Å². The van der Waals surface area contributed by atoms with Crippen LogP contribution in [0.2, 0.25) is 0 Å². The van der Waals surface area contributed by atoms with Crippen molar-refractivity contribution in [1.82, 2.24) is 4.98 Å². The number of nitrogens with zero attached hydrogens (tertiary/aromatic N) is 2. The van der Waals surface area contributed by atoms with Crippen LogP contribution in [0.5, 0.6) is 5.75 Å². The number of benzene rings is 1. The fourth-order valence-electron chi connectivity index (χ4n) is 3.03. The van der Waals surface area contributed by atoms with Crippen LogP contribution in [0.3, 0.4) is 0 Å². The number of ether oxygens (including phenoxy) is 1. The normalized spacial score (nSPS) is 20.4. The van der Waals surface area contributed by atoms with Crippen LogP contribution in [0, 0.1) is 11.7 Å². The number of halogens is 1. The Morgan fingerprint density at radius 1 is 1.28 bits per heavy atom. The first kappa shape index (κ1) is 16.9. The van der Waals surface area contributed by atoms with Crippen molar-refractivity contribution >= 4 is 17.6 Å². The maximum atomic E-state index is 13.1. The molecule has 130 valence electrons. The zero-order valence-electron chi connectivity index (χ0n) is 13.6. The molecule has 2 atom stereocenters. The summed E-state index contributed by atoms with van der Waals surface area (Å²) < 4.78 is 18.2. The lowest BCUT2D eigenvalue weighted by Gasteiger charge is -2.36. The first-order valence-electron chi connectivity index (χ1n) is 7.78. The molecule has 0 radical (unpaired) electrons. The molecule has 2 aromatic rings. The molecule has 1 aromatic heterocycles. The molecule has 25 heavy (non-hydrogen) atoms. The van der Waals surface area contributed by atoms with Crippen molar-refractivity contribution in [2.75, 3.05) is 18.6 Å². The Labute approximate surface area is 143 Å². The maximum Gasteiger partial charge on any atom is 0.307 e. The molecule has 6 nitrogen and oxygen atoms in total. The first-order chi connectivity index (χ1) is 12.0. The Kier molecular flexibility index (Phi) is 4.65. The Morgan fingerprint density at radius 3 is 2.56 bits per heavy atom. The Hall–Kier alpha value is -2.96. The predicted octanol–water partition coefficient (Wildman–Crippen LogP) is 2.45. The third kappa shape index (κ3) is 3.45. The molecule has 0 spiro atoms. The zero-order valence-corrected chi connectivity index (χ0v) is 13.6. The Morgan fingerprint density at radius 2 is 2.00 bits per heavy atom. The van der Waals surface area contributed by atoms with Crippen LogP contribution in [0.25, 0.3) is 0 Å². The van der Waals surface area contributed by atoms with E-state index in [0.717, 1.165) is 0 Å². The molecular formula is C18H17FN2O4. The van der Waals surface area contributed by atoms with E-state index in [1.165, 1.54) is 42.5 Å². The van der Waals surface area contributed by atoms with E-state index in [4.69, 9.17) is 4.74 Å². The molecule has 0 bridgehead atoms. The number of methoxy groups -OCH3 is 1. The van der Waals surface area contributed by atoms with Crippen molar-refractivity contribution in [3.05, 3.63) is 54.1 Å². The highest BCUT2D eigenvalue weighted by molar-refractivity contribution is 5.97. The first-order valence-corrected chi connectivity index (χ1v) is 7.78. The van der Waals surface area contributed by atoms with Crippen molar-refractivity contribution in [3.8, 4) is 5.75 Å². The fourth-order valence-corrected chi connectivity index (χ4v) is 3.03. The summed E-state index contributed by atoms with van der Waals surface area (Å²) in [6.07, 6.45) is 1.39. The van der Waals surface area contributed by atoms with Crippen molar-refractivity contribution in [1.29, 1.82) is 0 Å². The van der Waals surface area contributed by atoms with Gasteiger partial charge in [-0.3, -0.25) is 14.6 Å². The molecular weight excluding hydrogens is 327 g/mol. The van der Waals surface area contributed by atoms with E-state index in [1.807, 2.05) is 0 Å². The molecule has 7 heteroatoms. The molecule has 1 aliphatic heterocycles. The molecule has 2 heterocycles. The molecule has 1 aliphatic rings. The average molecular weight is 344 g/mol.